The SMILES string of the molecule is CCN1CCCC(c2noc(CC(C)O)n2)C1. The Morgan fingerprint density at radius 3 is 3.12 bits per heavy atom. The molecule has 5 heteroatoms. The fourth-order valence-corrected chi connectivity index (χ4v) is 2.32. The highest BCUT2D eigenvalue weighted by Gasteiger charge is 2.24. The molecule has 0 amide bonds. The molecule has 1 fully saturated rings. The summed E-state index contributed by atoms with van der Waals surface area (Å²) in [6, 6.07) is 0. The van der Waals surface area contributed by atoms with Gasteiger partial charge in [-0.1, -0.05) is 12.1 Å². The second-order valence-corrected chi connectivity index (χ2v) is 4.83. The smallest absolute Gasteiger partial charge is 0.229 e. The quantitative estimate of drug-likeness (QED) is 0.855. The number of piperidine rings is 1. The first-order valence-electron chi connectivity index (χ1n) is 6.42. The van der Waals surface area contributed by atoms with E-state index in [1.165, 1.54) is 13.0 Å². The average molecular weight is 239 g/mol. The van der Waals surface area contributed by atoms with Crippen LogP contribution in [0.1, 0.15) is 44.3 Å². The van der Waals surface area contributed by atoms with E-state index >= 15 is 0 Å². The largest absolute Gasteiger partial charge is 0.393 e. The molecule has 5 nitrogen and oxygen atoms in total. The van der Waals surface area contributed by atoms with Crippen molar-refractivity contribution in [2.75, 3.05) is 19.6 Å². The molecule has 0 aliphatic carbocycles. The molecule has 1 saturated heterocycles. The van der Waals surface area contributed by atoms with Gasteiger partial charge >= 0.3 is 0 Å². The van der Waals surface area contributed by atoms with Gasteiger partial charge in [0.15, 0.2) is 5.82 Å². The third-order valence-corrected chi connectivity index (χ3v) is 3.27. The van der Waals surface area contributed by atoms with Gasteiger partial charge in [-0.25, -0.2) is 0 Å². The van der Waals surface area contributed by atoms with Gasteiger partial charge in [0.05, 0.1) is 12.5 Å². The molecule has 17 heavy (non-hydrogen) atoms. The van der Waals surface area contributed by atoms with E-state index in [4.69, 9.17) is 4.52 Å². The molecule has 96 valence electrons. The zero-order valence-electron chi connectivity index (χ0n) is 10.6. The maximum absolute atomic E-state index is 9.27. The van der Waals surface area contributed by atoms with Crippen LogP contribution >= 0.6 is 0 Å². The summed E-state index contributed by atoms with van der Waals surface area (Å²) in [5.41, 5.74) is 0. The second-order valence-electron chi connectivity index (χ2n) is 4.83. The predicted octanol–water partition coefficient (Wildman–Crippen LogP) is 1.19. The molecule has 0 spiro atoms. The maximum Gasteiger partial charge on any atom is 0.229 e. The lowest BCUT2D eigenvalue weighted by Crippen LogP contribution is -2.34. The molecule has 1 aromatic heterocycles. The van der Waals surface area contributed by atoms with Gasteiger partial charge in [0.2, 0.25) is 5.89 Å². The van der Waals surface area contributed by atoms with Crippen LogP contribution in [-0.2, 0) is 6.42 Å². The predicted molar refractivity (Wildman–Crippen MR) is 63.8 cm³/mol. The van der Waals surface area contributed by atoms with E-state index in [0.29, 0.717) is 18.2 Å². The van der Waals surface area contributed by atoms with E-state index in [-0.39, 0.29) is 0 Å². The number of aliphatic hydroxyl groups is 1. The van der Waals surface area contributed by atoms with Crippen molar-refractivity contribution in [2.45, 2.75) is 45.1 Å². The molecule has 0 radical (unpaired) electrons. The van der Waals surface area contributed by atoms with Gasteiger partial charge in [-0.3, -0.25) is 0 Å². The highest BCUT2D eigenvalue weighted by molar-refractivity contribution is 4.99. The first-order valence-corrected chi connectivity index (χ1v) is 6.42. The molecule has 0 saturated carbocycles. The molecule has 2 atom stereocenters. The molecular formula is C12H21N3O2. The van der Waals surface area contributed by atoms with Crippen molar-refractivity contribution in [1.82, 2.24) is 15.0 Å². The Hall–Kier alpha value is -0.940. The van der Waals surface area contributed by atoms with Crippen molar-refractivity contribution in [1.29, 1.82) is 0 Å². The zero-order chi connectivity index (χ0) is 12.3. The maximum atomic E-state index is 9.27. The molecule has 0 bridgehead atoms. The molecule has 2 unspecified atom stereocenters. The van der Waals surface area contributed by atoms with E-state index in [0.717, 1.165) is 25.3 Å². The first-order chi connectivity index (χ1) is 8.19. The Morgan fingerprint density at radius 2 is 2.41 bits per heavy atom. The number of likely N-dealkylation sites (tertiary alicyclic amines) is 1. The van der Waals surface area contributed by atoms with Crippen molar-refractivity contribution in [3.63, 3.8) is 0 Å². The minimum atomic E-state index is -0.429. The zero-order valence-corrected chi connectivity index (χ0v) is 10.6. The number of hydrogen-bond acceptors (Lipinski definition) is 5. The summed E-state index contributed by atoms with van der Waals surface area (Å²) in [5, 5.41) is 13.3. The van der Waals surface area contributed by atoms with E-state index < -0.39 is 6.10 Å². The third kappa shape index (κ3) is 3.26. The van der Waals surface area contributed by atoms with Crippen LogP contribution in [0.2, 0.25) is 0 Å². The van der Waals surface area contributed by atoms with Crippen LogP contribution in [-0.4, -0.2) is 45.9 Å². The summed E-state index contributed by atoms with van der Waals surface area (Å²) in [7, 11) is 0. The number of aliphatic hydroxyl groups excluding tert-OH is 1. The van der Waals surface area contributed by atoms with Crippen molar-refractivity contribution in [2.24, 2.45) is 0 Å². The van der Waals surface area contributed by atoms with Crippen molar-refractivity contribution in [3.8, 4) is 0 Å². The van der Waals surface area contributed by atoms with Gasteiger partial charge in [0.1, 0.15) is 0 Å². The highest BCUT2D eigenvalue weighted by Crippen LogP contribution is 2.24. The lowest BCUT2D eigenvalue weighted by atomic mass is 9.97. The van der Waals surface area contributed by atoms with Gasteiger partial charge in [0, 0.05) is 12.5 Å². The Bertz CT molecular complexity index is 351. The number of aromatic nitrogens is 2. The minimum absolute atomic E-state index is 0.384. The summed E-state index contributed by atoms with van der Waals surface area (Å²) >= 11 is 0. The summed E-state index contributed by atoms with van der Waals surface area (Å²) < 4.78 is 5.16. The standard InChI is InChI=1S/C12H21N3O2/c1-3-15-6-4-5-10(8-15)12-13-11(17-14-12)7-9(2)16/h9-10,16H,3-8H2,1-2H3. The molecule has 0 aromatic carbocycles. The van der Waals surface area contributed by atoms with Gasteiger partial charge < -0.3 is 14.5 Å². The van der Waals surface area contributed by atoms with Gasteiger partial charge in [-0.2, -0.15) is 4.98 Å². The Morgan fingerprint density at radius 1 is 1.59 bits per heavy atom. The van der Waals surface area contributed by atoms with Gasteiger partial charge in [0.25, 0.3) is 0 Å². The fraction of sp³-hybridized carbons (Fsp3) is 0.833. The second kappa shape index (κ2) is 5.60. The molecule has 1 aliphatic heterocycles. The highest BCUT2D eigenvalue weighted by atomic mass is 16.5. The first kappa shape index (κ1) is 12.5. The topological polar surface area (TPSA) is 62.4 Å². The van der Waals surface area contributed by atoms with Crippen LogP contribution in [0.3, 0.4) is 0 Å². The number of nitrogens with zero attached hydrogens (tertiary/aromatic N) is 3. The average Bonchev–Trinajstić information content (AvgIpc) is 2.77. The van der Waals surface area contributed by atoms with E-state index in [1.807, 2.05) is 0 Å². The van der Waals surface area contributed by atoms with Crippen LogP contribution < -0.4 is 0 Å². The number of rotatable bonds is 4. The molecule has 2 rings (SSSR count). The molecule has 2 heterocycles. The lowest BCUT2D eigenvalue weighted by molar-refractivity contribution is 0.180. The van der Waals surface area contributed by atoms with Crippen LogP contribution in [0.4, 0.5) is 0 Å². The van der Waals surface area contributed by atoms with E-state index in [1.54, 1.807) is 6.92 Å². The molecule has 1 N–H and O–H groups in total. The van der Waals surface area contributed by atoms with E-state index in [9.17, 15) is 5.11 Å². The lowest BCUT2D eigenvalue weighted by Gasteiger charge is -2.29. The summed E-state index contributed by atoms with van der Waals surface area (Å²) in [4.78, 5) is 6.79. The summed E-state index contributed by atoms with van der Waals surface area (Å²) in [6.45, 7) is 7.17. The fourth-order valence-electron chi connectivity index (χ4n) is 2.32. The van der Waals surface area contributed by atoms with Crippen LogP contribution in [0.5, 0.6) is 0 Å². The molecular weight excluding hydrogens is 218 g/mol. The summed E-state index contributed by atoms with van der Waals surface area (Å²) in [6.07, 6.45) is 2.34. The van der Waals surface area contributed by atoms with Crippen LogP contribution in [0, 0.1) is 0 Å². The van der Waals surface area contributed by atoms with Crippen molar-refractivity contribution >= 4 is 0 Å². The number of hydrogen-bond donors (Lipinski definition) is 1. The normalized spacial score (nSPS) is 23.8. The Balaban J connectivity index is 1.99. The van der Waals surface area contributed by atoms with Crippen molar-refractivity contribution < 1.29 is 9.63 Å². The van der Waals surface area contributed by atoms with Gasteiger partial charge in [-0.05, 0) is 32.9 Å². The van der Waals surface area contributed by atoms with Crippen molar-refractivity contribution in [3.05, 3.63) is 11.7 Å². The van der Waals surface area contributed by atoms with Crippen LogP contribution in [0.25, 0.3) is 0 Å². The summed E-state index contributed by atoms with van der Waals surface area (Å²) in [5.74, 6) is 1.73. The van der Waals surface area contributed by atoms with E-state index in [2.05, 4.69) is 22.0 Å². The third-order valence-electron chi connectivity index (χ3n) is 3.27. The molecule has 1 aromatic rings. The monoisotopic (exact) mass is 239 g/mol. The minimum Gasteiger partial charge on any atom is -0.393 e. The molecule has 1 aliphatic rings. The Labute approximate surface area is 102 Å². The number of likely N-dealkylation sites (N-methyl/N-ethyl adjacent to an activating group) is 1. The van der Waals surface area contributed by atoms with Gasteiger partial charge in [-0.15, -0.1) is 0 Å². The van der Waals surface area contributed by atoms with Crippen LogP contribution in [0.15, 0.2) is 4.52 Å². The Kier molecular flexibility index (Phi) is 4.12.